The lowest BCUT2D eigenvalue weighted by molar-refractivity contribution is 0.660. The first kappa shape index (κ1) is 24.2. The minimum absolute atomic E-state index is 0.0102. The van der Waals surface area contributed by atoms with Crippen LogP contribution in [0.5, 0.6) is 0 Å². The van der Waals surface area contributed by atoms with E-state index in [1.54, 1.807) is 0 Å². The summed E-state index contributed by atoms with van der Waals surface area (Å²) in [5, 5.41) is 3.49. The van der Waals surface area contributed by atoms with E-state index < -0.39 is 0 Å². The van der Waals surface area contributed by atoms with Crippen LogP contribution in [-0.4, -0.2) is 9.55 Å². The van der Waals surface area contributed by atoms with Crippen molar-refractivity contribution in [3.05, 3.63) is 143 Å². The number of benzene rings is 5. The van der Waals surface area contributed by atoms with Gasteiger partial charge in [-0.15, -0.1) is 0 Å². The molecule has 0 spiro atoms. The molecule has 0 bridgehead atoms. The molecule has 0 N–H and O–H groups in total. The highest BCUT2D eigenvalue weighted by molar-refractivity contribution is 6.13. The molecule has 0 radical (unpaired) electrons. The molecule has 0 saturated heterocycles. The summed E-state index contributed by atoms with van der Waals surface area (Å²) in [5.74, 6) is 0. The molecule has 0 atom stereocenters. The minimum Gasteiger partial charge on any atom is -0.456 e. The monoisotopic (exact) mass is 554 g/mol. The summed E-state index contributed by atoms with van der Waals surface area (Å²) in [6, 6.07) is 37.3. The van der Waals surface area contributed by atoms with Crippen LogP contribution in [0.15, 0.2) is 131 Å². The van der Waals surface area contributed by atoms with E-state index in [2.05, 4.69) is 90.1 Å². The van der Waals surface area contributed by atoms with E-state index in [1.807, 2.05) is 54.9 Å². The Hall–Kier alpha value is -5.48. The predicted octanol–water partition coefficient (Wildman–Crippen LogP) is 9.41. The highest BCUT2D eigenvalue weighted by Crippen LogP contribution is 2.53. The summed E-state index contributed by atoms with van der Waals surface area (Å²) in [5.41, 5.74) is 11.6. The summed E-state index contributed by atoms with van der Waals surface area (Å²) < 4.78 is 8.68. The van der Waals surface area contributed by atoms with Crippen molar-refractivity contribution in [1.82, 2.24) is 9.55 Å². The van der Waals surface area contributed by atoms with Crippen molar-refractivity contribution in [2.45, 2.75) is 19.3 Å². The molecule has 4 nitrogen and oxygen atoms in total. The molecular weight excluding hydrogens is 528 g/mol. The Morgan fingerprint density at radius 1 is 0.674 bits per heavy atom. The van der Waals surface area contributed by atoms with Crippen LogP contribution in [0.3, 0.4) is 0 Å². The van der Waals surface area contributed by atoms with Crippen molar-refractivity contribution in [1.29, 1.82) is 0 Å². The van der Waals surface area contributed by atoms with Gasteiger partial charge < -0.3 is 8.98 Å². The first-order chi connectivity index (χ1) is 21.0. The Balaban J connectivity index is 1.37. The van der Waals surface area contributed by atoms with Gasteiger partial charge in [0.2, 0.25) is 5.43 Å². The van der Waals surface area contributed by atoms with Crippen molar-refractivity contribution in [3.8, 4) is 27.9 Å². The SMILES string of the molecule is CC1(C)c2ccccc2-c2ccc3c4cnccc4n(-c4ccccc4-c4ccc5c(=O)c6ccccc6oc5c4)c3c21. The van der Waals surface area contributed by atoms with Gasteiger partial charge in [0, 0.05) is 34.1 Å². The summed E-state index contributed by atoms with van der Waals surface area (Å²) in [4.78, 5) is 17.8. The molecule has 5 aromatic carbocycles. The predicted molar refractivity (Wildman–Crippen MR) is 175 cm³/mol. The van der Waals surface area contributed by atoms with E-state index in [4.69, 9.17) is 4.42 Å². The molecule has 0 saturated carbocycles. The zero-order chi connectivity index (χ0) is 28.9. The lowest BCUT2D eigenvalue weighted by Gasteiger charge is -2.24. The minimum atomic E-state index is -0.187. The Kier molecular flexibility index (Phi) is 4.79. The normalized spacial score (nSPS) is 13.6. The van der Waals surface area contributed by atoms with Crippen molar-refractivity contribution in [2.75, 3.05) is 0 Å². The topological polar surface area (TPSA) is 48.0 Å². The third kappa shape index (κ3) is 3.21. The fraction of sp³-hybridized carbons (Fsp3) is 0.0769. The first-order valence-electron chi connectivity index (χ1n) is 14.6. The van der Waals surface area contributed by atoms with Gasteiger partial charge in [-0.3, -0.25) is 9.78 Å². The Labute approximate surface area is 247 Å². The Bertz CT molecular complexity index is 2510. The maximum Gasteiger partial charge on any atom is 0.200 e. The standard InChI is InChI=1S/C39H26N2O2/c1-39(2)31-12-6-3-10-25(31)26-17-18-27-30-22-40-20-19-33(30)41(37(27)36(26)39)32-13-7-4-9-24(32)23-15-16-29-35(21-23)43-34-14-8-5-11-28(34)38(29)42/h3-22H,1-2H3. The second-order valence-corrected chi connectivity index (χ2v) is 11.9. The van der Waals surface area contributed by atoms with Crippen LogP contribution in [0, 0.1) is 0 Å². The van der Waals surface area contributed by atoms with Crippen LogP contribution in [0.4, 0.5) is 0 Å². The van der Waals surface area contributed by atoms with Crippen LogP contribution in [-0.2, 0) is 5.41 Å². The molecule has 9 rings (SSSR count). The lowest BCUT2D eigenvalue weighted by Crippen LogP contribution is -2.16. The van der Waals surface area contributed by atoms with Gasteiger partial charge in [-0.05, 0) is 64.2 Å². The molecule has 0 fully saturated rings. The number of hydrogen-bond donors (Lipinski definition) is 0. The second kappa shape index (κ2) is 8.52. The average molecular weight is 555 g/mol. The first-order valence-corrected chi connectivity index (χ1v) is 14.6. The summed E-state index contributed by atoms with van der Waals surface area (Å²) in [6.07, 6.45) is 3.85. The van der Waals surface area contributed by atoms with E-state index in [0.29, 0.717) is 21.9 Å². The molecule has 8 aromatic rings. The highest BCUT2D eigenvalue weighted by Gasteiger charge is 2.38. The molecule has 1 aliphatic rings. The van der Waals surface area contributed by atoms with Gasteiger partial charge in [-0.25, -0.2) is 0 Å². The Morgan fingerprint density at radius 2 is 1.42 bits per heavy atom. The van der Waals surface area contributed by atoms with Gasteiger partial charge in [0.1, 0.15) is 11.2 Å². The van der Waals surface area contributed by atoms with Gasteiger partial charge >= 0.3 is 0 Å². The third-order valence-electron chi connectivity index (χ3n) is 9.28. The van der Waals surface area contributed by atoms with Gasteiger partial charge in [0.05, 0.1) is 27.5 Å². The quantitative estimate of drug-likeness (QED) is 0.200. The molecule has 3 heterocycles. The van der Waals surface area contributed by atoms with E-state index in [1.165, 1.54) is 33.2 Å². The molecule has 3 aromatic heterocycles. The van der Waals surface area contributed by atoms with E-state index in [9.17, 15) is 4.79 Å². The molecular formula is C39H26N2O2. The number of nitrogens with zero attached hydrogens (tertiary/aromatic N) is 2. The zero-order valence-corrected chi connectivity index (χ0v) is 23.8. The smallest absolute Gasteiger partial charge is 0.200 e. The molecule has 43 heavy (non-hydrogen) atoms. The largest absolute Gasteiger partial charge is 0.456 e. The van der Waals surface area contributed by atoms with Gasteiger partial charge in [-0.2, -0.15) is 0 Å². The lowest BCUT2D eigenvalue weighted by atomic mass is 9.81. The molecule has 0 unspecified atom stereocenters. The number of aromatic nitrogens is 2. The number of hydrogen-bond acceptors (Lipinski definition) is 3. The zero-order valence-electron chi connectivity index (χ0n) is 23.8. The fourth-order valence-corrected chi connectivity index (χ4v) is 7.34. The molecule has 4 heteroatoms. The Morgan fingerprint density at radius 3 is 2.33 bits per heavy atom. The second-order valence-electron chi connectivity index (χ2n) is 11.9. The van der Waals surface area contributed by atoms with Crippen molar-refractivity contribution in [2.24, 2.45) is 0 Å². The van der Waals surface area contributed by atoms with E-state index in [-0.39, 0.29) is 10.8 Å². The maximum absolute atomic E-state index is 13.3. The summed E-state index contributed by atoms with van der Waals surface area (Å²) in [7, 11) is 0. The number of para-hydroxylation sites is 2. The van der Waals surface area contributed by atoms with Crippen LogP contribution in [0.25, 0.3) is 71.7 Å². The fourth-order valence-electron chi connectivity index (χ4n) is 7.34. The molecule has 0 amide bonds. The van der Waals surface area contributed by atoms with Gasteiger partial charge in [0.15, 0.2) is 0 Å². The highest BCUT2D eigenvalue weighted by atomic mass is 16.3. The van der Waals surface area contributed by atoms with Crippen LogP contribution in [0.1, 0.15) is 25.0 Å². The molecule has 204 valence electrons. The van der Waals surface area contributed by atoms with Crippen molar-refractivity contribution in [3.63, 3.8) is 0 Å². The summed E-state index contributed by atoms with van der Waals surface area (Å²) >= 11 is 0. The van der Waals surface area contributed by atoms with Crippen LogP contribution < -0.4 is 5.43 Å². The van der Waals surface area contributed by atoms with Crippen LogP contribution in [0.2, 0.25) is 0 Å². The maximum atomic E-state index is 13.3. The van der Waals surface area contributed by atoms with E-state index >= 15 is 0 Å². The summed E-state index contributed by atoms with van der Waals surface area (Å²) in [6.45, 7) is 4.66. The van der Waals surface area contributed by atoms with Crippen molar-refractivity contribution < 1.29 is 4.42 Å². The average Bonchev–Trinajstić information content (AvgIpc) is 3.50. The molecule has 0 aliphatic heterocycles. The van der Waals surface area contributed by atoms with Gasteiger partial charge in [-0.1, -0.05) is 86.6 Å². The molecule has 1 aliphatic carbocycles. The van der Waals surface area contributed by atoms with Crippen molar-refractivity contribution >= 4 is 43.7 Å². The van der Waals surface area contributed by atoms with Crippen LogP contribution >= 0.6 is 0 Å². The number of rotatable bonds is 2. The van der Waals surface area contributed by atoms with E-state index in [0.717, 1.165) is 27.7 Å². The number of fused-ring (bicyclic) bond motifs is 9. The number of pyridine rings is 1. The third-order valence-corrected chi connectivity index (χ3v) is 9.28. The van der Waals surface area contributed by atoms with Gasteiger partial charge in [0.25, 0.3) is 0 Å².